The zero-order chi connectivity index (χ0) is 7.56. The van der Waals surface area contributed by atoms with Gasteiger partial charge in [-0.2, -0.15) is 0 Å². The minimum Gasteiger partial charge on any atom is -0.473 e. The lowest BCUT2D eigenvalue weighted by Gasteiger charge is -1.84. The fourth-order valence-corrected chi connectivity index (χ4v) is 2.31. The van der Waals surface area contributed by atoms with Crippen LogP contribution in [0.1, 0.15) is 0 Å². The maximum atomic E-state index is 10.1. The van der Waals surface area contributed by atoms with Crippen LogP contribution in [0.5, 0.6) is 0 Å². The quantitative estimate of drug-likeness (QED) is 0.698. The number of carbonyl (C=O) groups is 1. The van der Waals surface area contributed by atoms with Gasteiger partial charge < -0.3 is 5.11 Å². The Hall–Kier alpha value is -0.190. The third-order valence-electron chi connectivity index (χ3n) is 0.736. The number of halogens is 1. The number of hydrogen-bond acceptors (Lipinski definition) is 3. The zero-order valence-electron chi connectivity index (χ0n) is 4.70. The van der Waals surface area contributed by atoms with Crippen molar-refractivity contribution in [1.29, 1.82) is 0 Å². The summed E-state index contributed by atoms with van der Waals surface area (Å²) < 4.78 is 1.32. The first-order chi connectivity index (χ1) is 4.68. The number of thiophene rings is 1. The topological polar surface area (TPSA) is 37.3 Å². The second kappa shape index (κ2) is 3.27. The van der Waals surface area contributed by atoms with Gasteiger partial charge in [0.05, 0.1) is 8.55 Å². The van der Waals surface area contributed by atoms with Crippen LogP contribution in [0.25, 0.3) is 0 Å². The molecule has 5 heteroatoms. The summed E-state index contributed by atoms with van der Waals surface area (Å²) in [6.07, 6.45) is 0. The van der Waals surface area contributed by atoms with Gasteiger partial charge >= 0.3 is 5.30 Å². The normalized spacial score (nSPS) is 9.70. The van der Waals surface area contributed by atoms with Crippen LogP contribution in [-0.4, -0.2) is 10.4 Å². The summed E-state index contributed by atoms with van der Waals surface area (Å²) in [5, 5.41) is 7.40. The van der Waals surface area contributed by atoms with Crippen LogP contribution in [-0.2, 0) is 0 Å². The molecule has 0 saturated heterocycles. The molecule has 0 aromatic carbocycles. The van der Waals surface area contributed by atoms with Crippen molar-refractivity contribution in [1.82, 2.24) is 0 Å². The minimum atomic E-state index is -0.904. The van der Waals surface area contributed by atoms with Crippen molar-refractivity contribution in [2.45, 2.75) is 4.21 Å². The van der Waals surface area contributed by atoms with Gasteiger partial charge in [0, 0.05) is 11.8 Å². The van der Waals surface area contributed by atoms with E-state index in [1.165, 1.54) is 11.3 Å². The van der Waals surface area contributed by atoms with Crippen LogP contribution in [0.2, 0.25) is 4.34 Å². The van der Waals surface area contributed by atoms with E-state index in [0.29, 0.717) is 8.55 Å². The van der Waals surface area contributed by atoms with Gasteiger partial charge in [0.2, 0.25) is 0 Å². The van der Waals surface area contributed by atoms with Crippen molar-refractivity contribution < 1.29 is 9.90 Å². The molecule has 1 aromatic heterocycles. The molecule has 0 aliphatic rings. The molecular weight excluding hydrogens is 192 g/mol. The van der Waals surface area contributed by atoms with Crippen LogP contribution < -0.4 is 0 Å². The fraction of sp³-hybridized carbons (Fsp3) is 0. The molecule has 0 unspecified atom stereocenters. The standard InChI is InChI=1S/C5H3ClO2S2/c6-3-1-2-4(9-3)10-5(7)8/h1-2H,(H,7,8). The lowest BCUT2D eigenvalue weighted by atomic mass is 10.7. The van der Waals surface area contributed by atoms with Gasteiger partial charge in [-0.05, 0) is 12.1 Å². The molecule has 0 spiro atoms. The molecule has 0 fully saturated rings. The van der Waals surface area contributed by atoms with Crippen molar-refractivity contribution in [2.75, 3.05) is 0 Å². The summed E-state index contributed by atoms with van der Waals surface area (Å²) in [6, 6.07) is 3.36. The van der Waals surface area contributed by atoms with E-state index in [9.17, 15) is 4.79 Å². The average molecular weight is 195 g/mol. The molecule has 1 N–H and O–H groups in total. The van der Waals surface area contributed by atoms with Crippen molar-refractivity contribution in [3.8, 4) is 0 Å². The number of thioether (sulfide) groups is 1. The summed E-state index contributed by atoms with van der Waals surface area (Å²) in [5.74, 6) is 0. The molecule has 54 valence electrons. The third kappa shape index (κ3) is 2.21. The molecule has 0 saturated carbocycles. The smallest absolute Gasteiger partial charge is 0.370 e. The second-order valence-corrected chi connectivity index (χ2v) is 4.39. The predicted molar refractivity (Wildman–Crippen MR) is 43.2 cm³/mol. The van der Waals surface area contributed by atoms with Gasteiger partial charge in [-0.3, -0.25) is 0 Å². The van der Waals surface area contributed by atoms with Gasteiger partial charge in [0.25, 0.3) is 0 Å². The maximum Gasteiger partial charge on any atom is 0.370 e. The first-order valence-corrected chi connectivity index (χ1v) is 4.35. The monoisotopic (exact) mass is 194 g/mol. The second-order valence-electron chi connectivity index (χ2n) is 1.43. The molecule has 0 aliphatic heterocycles. The van der Waals surface area contributed by atoms with Crippen LogP contribution in [0.3, 0.4) is 0 Å². The first kappa shape index (κ1) is 7.91. The minimum absolute atomic E-state index is 0.615. The third-order valence-corrected chi connectivity index (χ3v) is 2.77. The molecule has 10 heavy (non-hydrogen) atoms. The summed E-state index contributed by atoms with van der Waals surface area (Å²) in [4.78, 5) is 10.1. The van der Waals surface area contributed by atoms with Gasteiger partial charge in [-0.1, -0.05) is 11.6 Å². The lowest BCUT2D eigenvalue weighted by molar-refractivity contribution is 0.222. The first-order valence-electron chi connectivity index (χ1n) is 2.34. The molecule has 1 rings (SSSR count). The Kier molecular flexibility index (Phi) is 2.59. The van der Waals surface area contributed by atoms with Crippen LogP contribution in [0.15, 0.2) is 16.3 Å². The van der Waals surface area contributed by atoms with E-state index < -0.39 is 5.30 Å². The Balaban J connectivity index is 2.67. The Morgan fingerprint density at radius 3 is 2.80 bits per heavy atom. The molecule has 0 bridgehead atoms. The largest absolute Gasteiger partial charge is 0.473 e. The number of rotatable bonds is 1. The van der Waals surface area contributed by atoms with E-state index in [1.54, 1.807) is 12.1 Å². The summed E-state index contributed by atoms with van der Waals surface area (Å²) in [5.41, 5.74) is 0. The van der Waals surface area contributed by atoms with E-state index in [1.807, 2.05) is 0 Å². The molecular formula is C5H3ClO2S2. The van der Waals surface area contributed by atoms with Gasteiger partial charge in [0.1, 0.15) is 0 Å². The Morgan fingerprint density at radius 1 is 1.70 bits per heavy atom. The Labute approximate surface area is 70.8 Å². The molecule has 0 atom stereocenters. The summed E-state index contributed by atoms with van der Waals surface area (Å²) >= 11 is 7.59. The van der Waals surface area contributed by atoms with E-state index in [4.69, 9.17) is 16.7 Å². The zero-order valence-corrected chi connectivity index (χ0v) is 7.09. The number of hydrogen-bond donors (Lipinski definition) is 1. The average Bonchev–Trinajstić information content (AvgIpc) is 2.13. The summed E-state index contributed by atoms with van der Waals surface area (Å²) in [7, 11) is 0. The summed E-state index contributed by atoms with van der Waals surface area (Å²) in [6.45, 7) is 0. The highest BCUT2D eigenvalue weighted by atomic mass is 35.5. The van der Waals surface area contributed by atoms with E-state index in [2.05, 4.69) is 0 Å². The van der Waals surface area contributed by atoms with Gasteiger partial charge in [-0.25, -0.2) is 4.79 Å². The molecule has 0 amide bonds. The Morgan fingerprint density at radius 2 is 2.40 bits per heavy atom. The van der Waals surface area contributed by atoms with Crippen LogP contribution in [0, 0.1) is 0 Å². The Bertz CT molecular complexity index is 246. The van der Waals surface area contributed by atoms with E-state index in [-0.39, 0.29) is 0 Å². The van der Waals surface area contributed by atoms with Crippen LogP contribution >= 0.6 is 34.7 Å². The lowest BCUT2D eigenvalue weighted by Crippen LogP contribution is -1.78. The van der Waals surface area contributed by atoms with E-state index in [0.717, 1.165) is 11.8 Å². The van der Waals surface area contributed by atoms with Gasteiger partial charge in [-0.15, -0.1) is 11.3 Å². The van der Waals surface area contributed by atoms with Gasteiger partial charge in [0.15, 0.2) is 0 Å². The van der Waals surface area contributed by atoms with Crippen molar-refractivity contribution in [2.24, 2.45) is 0 Å². The molecule has 0 aliphatic carbocycles. The highest BCUT2D eigenvalue weighted by Crippen LogP contribution is 2.30. The van der Waals surface area contributed by atoms with E-state index >= 15 is 0 Å². The highest BCUT2D eigenvalue weighted by Gasteiger charge is 2.02. The van der Waals surface area contributed by atoms with Crippen molar-refractivity contribution in [3.63, 3.8) is 0 Å². The molecule has 0 radical (unpaired) electrons. The maximum absolute atomic E-state index is 10.1. The molecule has 1 heterocycles. The SMILES string of the molecule is O=C(O)Sc1ccc(Cl)s1. The fourth-order valence-electron chi connectivity index (χ4n) is 0.439. The van der Waals surface area contributed by atoms with Crippen molar-refractivity contribution in [3.05, 3.63) is 16.5 Å². The molecule has 2 nitrogen and oxygen atoms in total. The van der Waals surface area contributed by atoms with Crippen molar-refractivity contribution >= 4 is 40.0 Å². The highest BCUT2D eigenvalue weighted by molar-refractivity contribution is 8.14. The molecule has 1 aromatic rings. The number of carboxylic acid groups (broad SMARTS) is 1. The van der Waals surface area contributed by atoms with Crippen LogP contribution in [0.4, 0.5) is 4.79 Å². The predicted octanol–water partition coefficient (Wildman–Crippen LogP) is 3.17.